The highest BCUT2D eigenvalue weighted by molar-refractivity contribution is 5.34. The van der Waals surface area contributed by atoms with E-state index in [4.69, 9.17) is 4.74 Å². The van der Waals surface area contributed by atoms with Gasteiger partial charge >= 0.3 is 0 Å². The standard InChI is InChI=1S/C16H18O2/c1-3-13-4-8-15(9-5-13)18-16-10-6-14(7-11-16)12(2)17/h4-12,17H,3H2,1-2H3/t12-/m1/s1. The van der Waals surface area contributed by atoms with Crippen molar-refractivity contribution in [3.05, 3.63) is 59.7 Å². The lowest BCUT2D eigenvalue weighted by Crippen LogP contribution is -1.91. The molecule has 0 amide bonds. The fourth-order valence-corrected chi connectivity index (χ4v) is 1.74. The molecule has 1 atom stereocenters. The van der Waals surface area contributed by atoms with Crippen LogP contribution in [0.15, 0.2) is 48.5 Å². The van der Waals surface area contributed by atoms with Gasteiger partial charge in [0.05, 0.1) is 6.10 Å². The van der Waals surface area contributed by atoms with Crippen molar-refractivity contribution < 1.29 is 9.84 Å². The van der Waals surface area contributed by atoms with Crippen LogP contribution in [0, 0.1) is 0 Å². The van der Waals surface area contributed by atoms with Crippen molar-refractivity contribution in [2.45, 2.75) is 26.4 Å². The Balaban J connectivity index is 2.08. The van der Waals surface area contributed by atoms with Crippen LogP contribution in [-0.4, -0.2) is 5.11 Å². The SMILES string of the molecule is CCc1ccc(Oc2ccc([C@@H](C)O)cc2)cc1. The number of aryl methyl sites for hydroxylation is 1. The van der Waals surface area contributed by atoms with Crippen LogP contribution < -0.4 is 4.74 Å². The number of ether oxygens (including phenoxy) is 1. The molecule has 94 valence electrons. The average molecular weight is 242 g/mol. The zero-order valence-corrected chi connectivity index (χ0v) is 10.8. The van der Waals surface area contributed by atoms with E-state index in [1.807, 2.05) is 36.4 Å². The summed E-state index contributed by atoms with van der Waals surface area (Å²) < 4.78 is 5.73. The van der Waals surface area contributed by atoms with E-state index in [1.54, 1.807) is 6.92 Å². The average Bonchev–Trinajstić information content (AvgIpc) is 2.40. The summed E-state index contributed by atoms with van der Waals surface area (Å²) in [7, 11) is 0. The van der Waals surface area contributed by atoms with Gasteiger partial charge in [-0.25, -0.2) is 0 Å². The van der Waals surface area contributed by atoms with Gasteiger partial charge in [0.25, 0.3) is 0 Å². The number of hydrogen-bond acceptors (Lipinski definition) is 2. The molecule has 18 heavy (non-hydrogen) atoms. The molecule has 1 N–H and O–H groups in total. The van der Waals surface area contributed by atoms with Crippen molar-refractivity contribution in [1.29, 1.82) is 0 Å². The molecule has 0 spiro atoms. The Morgan fingerprint density at radius 2 is 1.44 bits per heavy atom. The number of aliphatic hydroxyl groups excluding tert-OH is 1. The predicted molar refractivity (Wildman–Crippen MR) is 73.0 cm³/mol. The van der Waals surface area contributed by atoms with Gasteiger partial charge in [-0.15, -0.1) is 0 Å². The Morgan fingerprint density at radius 1 is 0.944 bits per heavy atom. The second-order valence-corrected chi connectivity index (χ2v) is 4.34. The number of benzene rings is 2. The normalized spacial score (nSPS) is 12.2. The van der Waals surface area contributed by atoms with Crippen LogP contribution >= 0.6 is 0 Å². The molecule has 0 radical (unpaired) electrons. The van der Waals surface area contributed by atoms with E-state index in [0.29, 0.717) is 0 Å². The third-order valence-corrected chi connectivity index (χ3v) is 2.93. The molecule has 2 aromatic rings. The van der Waals surface area contributed by atoms with Crippen LogP contribution in [0.5, 0.6) is 11.5 Å². The summed E-state index contributed by atoms with van der Waals surface area (Å²) in [5, 5.41) is 9.42. The first-order chi connectivity index (χ1) is 8.69. The second kappa shape index (κ2) is 5.69. The summed E-state index contributed by atoms with van der Waals surface area (Å²) >= 11 is 0. The summed E-state index contributed by atoms with van der Waals surface area (Å²) in [6.45, 7) is 3.88. The van der Waals surface area contributed by atoms with Crippen LogP contribution in [-0.2, 0) is 6.42 Å². The largest absolute Gasteiger partial charge is 0.457 e. The first-order valence-corrected chi connectivity index (χ1v) is 6.24. The summed E-state index contributed by atoms with van der Waals surface area (Å²) in [4.78, 5) is 0. The Bertz CT molecular complexity index is 484. The molecule has 2 heteroatoms. The highest BCUT2D eigenvalue weighted by atomic mass is 16.5. The van der Waals surface area contributed by atoms with Gasteiger partial charge in [0.2, 0.25) is 0 Å². The quantitative estimate of drug-likeness (QED) is 0.874. The molecule has 2 rings (SSSR count). The third kappa shape index (κ3) is 3.11. The molecule has 0 aliphatic heterocycles. The molecule has 0 saturated carbocycles. The van der Waals surface area contributed by atoms with Crippen molar-refractivity contribution in [1.82, 2.24) is 0 Å². The molecule has 2 aromatic carbocycles. The molecule has 0 aliphatic rings. The zero-order chi connectivity index (χ0) is 13.0. The van der Waals surface area contributed by atoms with Crippen molar-refractivity contribution in [3.63, 3.8) is 0 Å². The van der Waals surface area contributed by atoms with E-state index in [2.05, 4.69) is 19.1 Å². The number of rotatable bonds is 4. The molecule has 0 heterocycles. The van der Waals surface area contributed by atoms with E-state index >= 15 is 0 Å². The van der Waals surface area contributed by atoms with Gasteiger partial charge in [0.1, 0.15) is 11.5 Å². The second-order valence-electron chi connectivity index (χ2n) is 4.34. The molecule has 0 saturated heterocycles. The van der Waals surface area contributed by atoms with E-state index in [9.17, 15) is 5.11 Å². The van der Waals surface area contributed by atoms with Crippen molar-refractivity contribution in [2.75, 3.05) is 0 Å². The Morgan fingerprint density at radius 3 is 1.89 bits per heavy atom. The van der Waals surface area contributed by atoms with Crippen molar-refractivity contribution in [2.24, 2.45) is 0 Å². The zero-order valence-electron chi connectivity index (χ0n) is 10.8. The fourth-order valence-electron chi connectivity index (χ4n) is 1.74. The molecule has 0 bridgehead atoms. The molecule has 0 aliphatic carbocycles. The van der Waals surface area contributed by atoms with Gasteiger partial charge in [0.15, 0.2) is 0 Å². The van der Waals surface area contributed by atoms with E-state index in [1.165, 1.54) is 5.56 Å². The van der Waals surface area contributed by atoms with Crippen LogP contribution in [0.2, 0.25) is 0 Å². The monoisotopic (exact) mass is 242 g/mol. The lowest BCUT2D eigenvalue weighted by molar-refractivity contribution is 0.199. The maximum Gasteiger partial charge on any atom is 0.127 e. The first-order valence-electron chi connectivity index (χ1n) is 6.24. The minimum Gasteiger partial charge on any atom is -0.457 e. The van der Waals surface area contributed by atoms with Gasteiger partial charge in [-0.2, -0.15) is 0 Å². The third-order valence-electron chi connectivity index (χ3n) is 2.93. The highest BCUT2D eigenvalue weighted by Crippen LogP contribution is 2.23. The summed E-state index contributed by atoms with van der Waals surface area (Å²) in [5.74, 6) is 1.61. The molecular weight excluding hydrogens is 224 g/mol. The van der Waals surface area contributed by atoms with Crippen LogP contribution in [0.1, 0.15) is 31.1 Å². The highest BCUT2D eigenvalue weighted by Gasteiger charge is 2.01. The van der Waals surface area contributed by atoms with Gasteiger partial charge < -0.3 is 9.84 Å². The summed E-state index contributed by atoms with van der Waals surface area (Å²) in [6, 6.07) is 15.6. The van der Waals surface area contributed by atoms with E-state index in [-0.39, 0.29) is 0 Å². The lowest BCUT2D eigenvalue weighted by Gasteiger charge is -2.08. The molecular formula is C16H18O2. The maximum atomic E-state index is 9.42. The van der Waals surface area contributed by atoms with Crippen molar-refractivity contribution >= 4 is 0 Å². The molecule has 2 nitrogen and oxygen atoms in total. The lowest BCUT2D eigenvalue weighted by atomic mass is 10.1. The van der Waals surface area contributed by atoms with Gasteiger partial charge in [-0.1, -0.05) is 31.2 Å². The molecule has 0 fully saturated rings. The topological polar surface area (TPSA) is 29.5 Å². The fraction of sp³-hybridized carbons (Fsp3) is 0.250. The maximum absolute atomic E-state index is 9.42. The van der Waals surface area contributed by atoms with Crippen molar-refractivity contribution in [3.8, 4) is 11.5 Å². The van der Waals surface area contributed by atoms with E-state index in [0.717, 1.165) is 23.5 Å². The Hall–Kier alpha value is -1.80. The summed E-state index contributed by atoms with van der Waals surface area (Å²) in [5.41, 5.74) is 2.19. The number of aliphatic hydroxyl groups is 1. The molecule has 0 aromatic heterocycles. The van der Waals surface area contributed by atoms with E-state index < -0.39 is 6.10 Å². The number of hydrogen-bond donors (Lipinski definition) is 1. The van der Waals surface area contributed by atoms with Gasteiger partial charge in [-0.05, 0) is 48.7 Å². The Labute approximate surface area is 108 Å². The molecule has 0 unspecified atom stereocenters. The summed E-state index contributed by atoms with van der Waals surface area (Å²) in [6.07, 6.45) is 0.589. The Kier molecular flexibility index (Phi) is 4.00. The van der Waals surface area contributed by atoms with Crippen LogP contribution in [0.3, 0.4) is 0 Å². The minimum atomic E-state index is -0.442. The van der Waals surface area contributed by atoms with Crippen LogP contribution in [0.4, 0.5) is 0 Å². The predicted octanol–water partition coefficient (Wildman–Crippen LogP) is 4.09. The van der Waals surface area contributed by atoms with Gasteiger partial charge in [-0.3, -0.25) is 0 Å². The smallest absolute Gasteiger partial charge is 0.127 e. The first kappa shape index (κ1) is 12.7. The van der Waals surface area contributed by atoms with Crippen LogP contribution in [0.25, 0.3) is 0 Å². The minimum absolute atomic E-state index is 0.442. The van der Waals surface area contributed by atoms with Gasteiger partial charge in [0, 0.05) is 0 Å².